The van der Waals surface area contributed by atoms with Crippen LogP contribution in [-0.4, -0.2) is 49.6 Å². The normalized spacial score (nSPS) is 17.1. The van der Waals surface area contributed by atoms with Crippen molar-refractivity contribution in [2.45, 2.75) is 13.3 Å². The van der Waals surface area contributed by atoms with Crippen LogP contribution in [0.5, 0.6) is 0 Å². The van der Waals surface area contributed by atoms with Gasteiger partial charge in [-0.15, -0.1) is 0 Å². The molecule has 86 valence electrons. The smallest absolute Gasteiger partial charge is 0.248 e. The van der Waals surface area contributed by atoms with Gasteiger partial charge < -0.3 is 5.73 Å². The number of hydrogen-bond donors (Lipinski definition) is 1. The summed E-state index contributed by atoms with van der Waals surface area (Å²) in [5, 5.41) is 5.13. The number of nitrogens with zero attached hydrogens (tertiary/aromatic N) is 2. The van der Waals surface area contributed by atoms with Crippen LogP contribution in [0.2, 0.25) is 0 Å². The molecule has 1 aliphatic heterocycles. The van der Waals surface area contributed by atoms with E-state index in [1.807, 2.05) is 0 Å². The molecule has 1 aliphatic rings. The Labute approximate surface area is 89.0 Å². The van der Waals surface area contributed by atoms with E-state index in [2.05, 4.69) is 5.10 Å². The average molecular weight is 233 g/mol. The number of carbonyl (C=O) groups excluding carboxylic acids is 1. The van der Waals surface area contributed by atoms with E-state index in [-0.39, 0.29) is 36.9 Å². The van der Waals surface area contributed by atoms with Gasteiger partial charge in [-0.1, -0.05) is 6.92 Å². The lowest BCUT2D eigenvalue weighted by Gasteiger charge is -2.10. The van der Waals surface area contributed by atoms with Crippen molar-refractivity contribution in [1.29, 1.82) is 0 Å². The van der Waals surface area contributed by atoms with Gasteiger partial charge in [-0.3, -0.25) is 4.79 Å². The van der Waals surface area contributed by atoms with E-state index >= 15 is 0 Å². The largest absolute Gasteiger partial charge is 0.325 e. The SMILES string of the molecule is CCS(=O)(=O)CCN1N=C(CN)CC1=O. The van der Waals surface area contributed by atoms with E-state index in [0.717, 1.165) is 0 Å². The molecule has 0 fully saturated rings. The topological polar surface area (TPSA) is 92.8 Å². The summed E-state index contributed by atoms with van der Waals surface area (Å²) in [6, 6.07) is 0. The molecule has 0 bridgehead atoms. The van der Waals surface area contributed by atoms with Gasteiger partial charge in [-0.2, -0.15) is 5.10 Å². The zero-order valence-electron chi connectivity index (χ0n) is 8.64. The van der Waals surface area contributed by atoms with Crippen molar-refractivity contribution in [3.63, 3.8) is 0 Å². The third-order valence-electron chi connectivity index (χ3n) is 2.19. The Morgan fingerprint density at radius 1 is 1.53 bits per heavy atom. The van der Waals surface area contributed by atoms with Gasteiger partial charge in [0.05, 0.1) is 24.4 Å². The number of sulfone groups is 1. The van der Waals surface area contributed by atoms with E-state index in [9.17, 15) is 13.2 Å². The molecule has 0 aromatic carbocycles. The zero-order chi connectivity index (χ0) is 11.5. The molecule has 1 amide bonds. The minimum absolute atomic E-state index is 0.0450. The highest BCUT2D eigenvalue weighted by atomic mass is 32.2. The quantitative estimate of drug-likeness (QED) is 0.657. The van der Waals surface area contributed by atoms with Crippen LogP contribution in [0.25, 0.3) is 0 Å². The summed E-state index contributed by atoms with van der Waals surface area (Å²) in [6.45, 7) is 1.94. The lowest BCUT2D eigenvalue weighted by Crippen LogP contribution is -2.27. The lowest BCUT2D eigenvalue weighted by molar-refractivity contribution is -0.128. The van der Waals surface area contributed by atoms with Crippen molar-refractivity contribution >= 4 is 21.5 Å². The monoisotopic (exact) mass is 233 g/mol. The fourth-order valence-electron chi connectivity index (χ4n) is 1.19. The van der Waals surface area contributed by atoms with Crippen LogP contribution in [0.3, 0.4) is 0 Å². The van der Waals surface area contributed by atoms with Gasteiger partial charge in [-0.25, -0.2) is 13.4 Å². The Morgan fingerprint density at radius 3 is 2.67 bits per heavy atom. The van der Waals surface area contributed by atoms with Gasteiger partial charge in [0, 0.05) is 12.3 Å². The minimum Gasteiger partial charge on any atom is -0.325 e. The third-order valence-corrected chi connectivity index (χ3v) is 3.88. The van der Waals surface area contributed by atoms with Gasteiger partial charge in [0.25, 0.3) is 0 Å². The first-order valence-electron chi connectivity index (χ1n) is 4.75. The fourth-order valence-corrected chi connectivity index (χ4v) is 1.93. The van der Waals surface area contributed by atoms with Gasteiger partial charge in [-0.05, 0) is 0 Å². The van der Waals surface area contributed by atoms with E-state index in [4.69, 9.17) is 5.73 Å². The molecule has 0 aromatic heterocycles. The second-order valence-electron chi connectivity index (χ2n) is 3.30. The van der Waals surface area contributed by atoms with Crippen LogP contribution in [0.15, 0.2) is 5.10 Å². The van der Waals surface area contributed by atoms with Gasteiger partial charge in [0.1, 0.15) is 0 Å². The first-order valence-corrected chi connectivity index (χ1v) is 6.58. The molecule has 0 spiro atoms. The minimum atomic E-state index is -3.05. The molecule has 0 saturated heterocycles. The summed E-state index contributed by atoms with van der Waals surface area (Å²) in [4.78, 5) is 11.3. The first kappa shape index (κ1) is 12.1. The molecule has 0 saturated carbocycles. The predicted molar refractivity (Wildman–Crippen MR) is 57.1 cm³/mol. The Morgan fingerprint density at radius 2 is 2.20 bits per heavy atom. The van der Waals surface area contributed by atoms with Gasteiger partial charge >= 0.3 is 0 Å². The van der Waals surface area contributed by atoms with Crippen LogP contribution < -0.4 is 5.73 Å². The summed E-state index contributed by atoms with van der Waals surface area (Å²) >= 11 is 0. The molecule has 15 heavy (non-hydrogen) atoms. The second-order valence-corrected chi connectivity index (χ2v) is 5.77. The highest BCUT2D eigenvalue weighted by molar-refractivity contribution is 7.91. The highest BCUT2D eigenvalue weighted by Crippen LogP contribution is 2.07. The molecule has 0 aliphatic carbocycles. The number of carbonyl (C=O) groups is 1. The summed E-state index contributed by atoms with van der Waals surface area (Å²) < 4.78 is 22.4. The number of amides is 1. The van der Waals surface area contributed by atoms with Gasteiger partial charge in [0.15, 0.2) is 9.84 Å². The number of hydrogen-bond acceptors (Lipinski definition) is 5. The maximum atomic E-state index is 11.3. The molecular weight excluding hydrogens is 218 g/mol. The van der Waals surface area contributed by atoms with Crippen LogP contribution in [0, 0.1) is 0 Å². The van der Waals surface area contributed by atoms with E-state index < -0.39 is 9.84 Å². The van der Waals surface area contributed by atoms with E-state index in [1.54, 1.807) is 6.92 Å². The molecular formula is C8H15N3O3S. The van der Waals surface area contributed by atoms with Crippen LogP contribution in [0.1, 0.15) is 13.3 Å². The molecule has 0 atom stereocenters. The Hall–Kier alpha value is -0.950. The first-order chi connectivity index (χ1) is 6.98. The van der Waals surface area contributed by atoms with E-state index in [0.29, 0.717) is 5.71 Å². The number of hydrazone groups is 1. The number of rotatable bonds is 5. The van der Waals surface area contributed by atoms with Crippen molar-refractivity contribution < 1.29 is 13.2 Å². The molecule has 2 N–H and O–H groups in total. The molecule has 0 unspecified atom stereocenters. The molecule has 0 radical (unpaired) electrons. The van der Waals surface area contributed by atoms with Crippen LogP contribution in [0.4, 0.5) is 0 Å². The predicted octanol–water partition coefficient (Wildman–Crippen LogP) is -1.03. The average Bonchev–Trinajstić information content (AvgIpc) is 2.57. The Balaban J connectivity index is 2.54. The van der Waals surface area contributed by atoms with Crippen molar-refractivity contribution in [3.8, 4) is 0 Å². The van der Waals surface area contributed by atoms with Crippen molar-refractivity contribution in [2.75, 3.05) is 24.6 Å². The molecule has 7 heteroatoms. The van der Waals surface area contributed by atoms with Crippen molar-refractivity contribution in [3.05, 3.63) is 0 Å². The van der Waals surface area contributed by atoms with Crippen molar-refractivity contribution in [2.24, 2.45) is 10.8 Å². The second kappa shape index (κ2) is 4.71. The molecule has 6 nitrogen and oxygen atoms in total. The Bertz CT molecular complexity index is 375. The summed E-state index contributed by atoms with van der Waals surface area (Å²) in [7, 11) is -3.05. The van der Waals surface area contributed by atoms with Crippen LogP contribution >= 0.6 is 0 Å². The number of nitrogens with two attached hydrogens (primary N) is 1. The van der Waals surface area contributed by atoms with E-state index in [1.165, 1.54) is 5.01 Å². The molecule has 1 rings (SSSR count). The molecule has 0 aromatic rings. The summed E-state index contributed by atoms with van der Waals surface area (Å²) in [5.41, 5.74) is 5.94. The highest BCUT2D eigenvalue weighted by Gasteiger charge is 2.23. The standard InChI is InChI=1S/C8H15N3O3S/c1-2-15(13,14)4-3-11-8(12)5-7(6-9)10-11/h2-6,9H2,1H3. The summed E-state index contributed by atoms with van der Waals surface area (Å²) in [5.74, 6) is -0.138. The third kappa shape index (κ3) is 3.28. The maximum Gasteiger partial charge on any atom is 0.248 e. The van der Waals surface area contributed by atoms with Crippen LogP contribution in [-0.2, 0) is 14.6 Å². The van der Waals surface area contributed by atoms with Crippen molar-refractivity contribution in [1.82, 2.24) is 5.01 Å². The molecule has 1 heterocycles. The summed E-state index contributed by atoms with van der Waals surface area (Å²) in [6.07, 6.45) is 0.211. The zero-order valence-corrected chi connectivity index (χ0v) is 9.46. The van der Waals surface area contributed by atoms with Gasteiger partial charge in [0.2, 0.25) is 5.91 Å². The maximum absolute atomic E-state index is 11.3. The Kier molecular flexibility index (Phi) is 3.81. The lowest BCUT2D eigenvalue weighted by atomic mass is 10.3. The fraction of sp³-hybridized carbons (Fsp3) is 0.750.